The van der Waals surface area contributed by atoms with E-state index in [1.807, 2.05) is 0 Å². The van der Waals surface area contributed by atoms with Gasteiger partial charge in [-0.3, -0.25) is 0 Å². The van der Waals surface area contributed by atoms with Crippen molar-refractivity contribution in [2.75, 3.05) is 13.1 Å². The van der Waals surface area contributed by atoms with E-state index in [2.05, 4.69) is 10.6 Å². The molecular formula is C12H16F2N2. The van der Waals surface area contributed by atoms with Crippen molar-refractivity contribution in [3.05, 3.63) is 35.4 Å². The fourth-order valence-corrected chi connectivity index (χ4v) is 1.56. The summed E-state index contributed by atoms with van der Waals surface area (Å²) < 4.78 is 26.1. The van der Waals surface area contributed by atoms with E-state index >= 15 is 0 Å². The highest BCUT2D eigenvalue weighted by Crippen LogP contribution is 2.17. The number of benzene rings is 1. The minimum atomic E-state index is -0.782. The standard InChI is InChI=1S/C12H16F2N2/c13-11-3-1-2-9(12(11)14)8-15-6-7-16-10-4-5-10/h1-3,10,15-16H,4-8H2. The lowest BCUT2D eigenvalue weighted by molar-refractivity contribution is 0.491. The quantitative estimate of drug-likeness (QED) is 0.723. The van der Waals surface area contributed by atoms with Gasteiger partial charge in [-0.2, -0.15) is 0 Å². The third-order valence-electron chi connectivity index (χ3n) is 2.66. The van der Waals surface area contributed by atoms with E-state index in [-0.39, 0.29) is 0 Å². The summed E-state index contributed by atoms with van der Waals surface area (Å²) in [5.74, 6) is -1.53. The summed E-state index contributed by atoms with van der Waals surface area (Å²) >= 11 is 0. The molecule has 2 rings (SSSR count). The molecule has 4 heteroatoms. The maximum atomic E-state index is 13.2. The molecule has 0 spiro atoms. The van der Waals surface area contributed by atoms with E-state index in [1.165, 1.54) is 18.9 Å². The van der Waals surface area contributed by atoms with E-state index in [1.54, 1.807) is 6.07 Å². The van der Waals surface area contributed by atoms with Crippen LogP contribution in [0.15, 0.2) is 18.2 Å². The summed E-state index contributed by atoms with van der Waals surface area (Å²) in [4.78, 5) is 0. The minimum absolute atomic E-state index is 0.371. The van der Waals surface area contributed by atoms with Crippen LogP contribution in [0.4, 0.5) is 8.78 Å². The van der Waals surface area contributed by atoms with Crippen LogP contribution in [0.3, 0.4) is 0 Å². The molecule has 1 aliphatic rings. The lowest BCUT2D eigenvalue weighted by Crippen LogP contribution is -2.28. The highest BCUT2D eigenvalue weighted by atomic mass is 19.2. The first-order valence-electron chi connectivity index (χ1n) is 5.64. The van der Waals surface area contributed by atoms with Crippen molar-refractivity contribution in [2.45, 2.75) is 25.4 Å². The summed E-state index contributed by atoms with van der Waals surface area (Å²) in [5, 5.41) is 6.42. The fourth-order valence-electron chi connectivity index (χ4n) is 1.56. The maximum absolute atomic E-state index is 13.2. The Morgan fingerprint density at radius 3 is 2.75 bits per heavy atom. The third kappa shape index (κ3) is 3.25. The predicted octanol–water partition coefficient (Wildman–Crippen LogP) is 1.81. The van der Waals surface area contributed by atoms with Crippen molar-refractivity contribution in [3.63, 3.8) is 0 Å². The molecule has 0 heterocycles. The summed E-state index contributed by atoms with van der Waals surface area (Å²) in [6, 6.07) is 4.94. The van der Waals surface area contributed by atoms with Crippen LogP contribution in [0.2, 0.25) is 0 Å². The maximum Gasteiger partial charge on any atom is 0.163 e. The first-order chi connectivity index (χ1) is 7.77. The average Bonchev–Trinajstić information content (AvgIpc) is 3.07. The second-order valence-electron chi connectivity index (χ2n) is 4.12. The molecule has 1 aromatic carbocycles. The zero-order valence-corrected chi connectivity index (χ0v) is 9.10. The van der Waals surface area contributed by atoms with E-state index < -0.39 is 11.6 Å². The molecular weight excluding hydrogens is 210 g/mol. The number of rotatable bonds is 6. The molecule has 2 nitrogen and oxygen atoms in total. The van der Waals surface area contributed by atoms with Crippen molar-refractivity contribution < 1.29 is 8.78 Å². The molecule has 1 aromatic rings. The normalized spacial score (nSPS) is 15.4. The number of halogens is 2. The molecule has 2 N–H and O–H groups in total. The van der Waals surface area contributed by atoms with Gasteiger partial charge in [0.15, 0.2) is 11.6 Å². The Morgan fingerprint density at radius 1 is 1.19 bits per heavy atom. The third-order valence-corrected chi connectivity index (χ3v) is 2.66. The second kappa shape index (κ2) is 5.37. The van der Waals surface area contributed by atoms with Gasteiger partial charge in [0.1, 0.15) is 0 Å². The second-order valence-corrected chi connectivity index (χ2v) is 4.12. The van der Waals surface area contributed by atoms with Gasteiger partial charge < -0.3 is 10.6 Å². The van der Waals surface area contributed by atoms with Crippen molar-refractivity contribution >= 4 is 0 Å². The lowest BCUT2D eigenvalue weighted by atomic mass is 10.2. The number of hydrogen-bond donors (Lipinski definition) is 2. The molecule has 1 fully saturated rings. The van der Waals surface area contributed by atoms with Gasteiger partial charge in [0.05, 0.1) is 0 Å². The van der Waals surface area contributed by atoms with E-state index in [4.69, 9.17) is 0 Å². The molecule has 0 aliphatic heterocycles. The monoisotopic (exact) mass is 226 g/mol. The molecule has 0 amide bonds. The molecule has 0 unspecified atom stereocenters. The summed E-state index contributed by atoms with van der Waals surface area (Å²) in [5.41, 5.74) is 0.381. The Balaban J connectivity index is 1.69. The van der Waals surface area contributed by atoms with Crippen LogP contribution in [0.25, 0.3) is 0 Å². The Kier molecular flexibility index (Phi) is 3.85. The van der Waals surface area contributed by atoms with Gasteiger partial charge in [-0.05, 0) is 18.9 Å². The van der Waals surface area contributed by atoms with Crippen LogP contribution in [-0.2, 0) is 6.54 Å². The Morgan fingerprint density at radius 2 is 2.00 bits per heavy atom. The summed E-state index contributed by atoms with van der Waals surface area (Å²) in [7, 11) is 0. The van der Waals surface area contributed by atoms with Crippen LogP contribution in [-0.4, -0.2) is 19.1 Å². The Bertz CT molecular complexity index is 351. The molecule has 0 atom stereocenters. The fraction of sp³-hybridized carbons (Fsp3) is 0.500. The van der Waals surface area contributed by atoms with Gasteiger partial charge in [-0.1, -0.05) is 12.1 Å². The molecule has 16 heavy (non-hydrogen) atoms. The van der Waals surface area contributed by atoms with Crippen LogP contribution in [0.1, 0.15) is 18.4 Å². The van der Waals surface area contributed by atoms with E-state index in [0.717, 1.165) is 19.2 Å². The van der Waals surface area contributed by atoms with Gasteiger partial charge >= 0.3 is 0 Å². The molecule has 88 valence electrons. The van der Waals surface area contributed by atoms with Crippen molar-refractivity contribution in [3.8, 4) is 0 Å². The molecule has 0 bridgehead atoms. The van der Waals surface area contributed by atoms with Gasteiger partial charge in [-0.25, -0.2) is 8.78 Å². The van der Waals surface area contributed by atoms with Crippen molar-refractivity contribution in [2.24, 2.45) is 0 Å². The SMILES string of the molecule is Fc1cccc(CNCCNC2CC2)c1F. The van der Waals surface area contributed by atoms with Crippen LogP contribution in [0.5, 0.6) is 0 Å². The molecule has 0 radical (unpaired) electrons. The largest absolute Gasteiger partial charge is 0.313 e. The Labute approximate surface area is 94.0 Å². The van der Waals surface area contributed by atoms with Gasteiger partial charge in [0.2, 0.25) is 0 Å². The minimum Gasteiger partial charge on any atom is -0.313 e. The predicted molar refractivity (Wildman–Crippen MR) is 59.1 cm³/mol. The number of nitrogens with one attached hydrogen (secondary N) is 2. The highest BCUT2D eigenvalue weighted by Gasteiger charge is 2.19. The van der Waals surface area contributed by atoms with Crippen molar-refractivity contribution in [1.82, 2.24) is 10.6 Å². The summed E-state index contributed by atoms with van der Waals surface area (Å²) in [6.07, 6.45) is 2.52. The molecule has 1 saturated carbocycles. The van der Waals surface area contributed by atoms with Crippen LogP contribution in [0, 0.1) is 11.6 Å². The van der Waals surface area contributed by atoms with Gasteiger partial charge in [-0.15, -0.1) is 0 Å². The molecule has 1 aliphatic carbocycles. The van der Waals surface area contributed by atoms with E-state index in [0.29, 0.717) is 18.2 Å². The lowest BCUT2D eigenvalue weighted by Gasteiger charge is -2.07. The summed E-state index contributed by atoms with van der Waals surface area (Å²) in [6.45, 7) is 2.02. The average molecular weight is 226 g/mol. The topological polar surface area (TPSA) is 24.1 Å². The van der Waals surface area contributed by atoms with Crippen LogP contribution >= 0.6 is 0 Å². The van der Waals surface area contributed by atoms with E-state index in [9.17, 15) is 8.78 Å². The van der Waals surface area contributed by atoms with Crippen molar-refractivity contribution in [1.29, 1.82) is 0 Å². The molecule has 0 saturated heterocycles. The first kappa shape index (κ1) is 11.5. The smallest absolute Gasteiger partial charge is 0.163 e. The van der Waals surface area contributed by atoms with Gasteiger partial charge in [0, 0.05) is 31.2 Å². The Hall–Kier alpha value is -1.00. The first-order valence-corrected chi connectivity index (χ1v) is 5.64. The zero-order valence-electron chi connectivity index (χ0n) is 9.10. The van der Waals surface area contributed by atoms with Crippen LogP contribution < -0.4 is 10.6 Å². The molecule has 0 aromatic heterocycles. The number of hydrogen-bond acceptors (Lipinski definition) is 2. The highest BCUT2D eigenvalue weighted by molar-refractivity contribution is 5.18. The zero-order chi connectivity index (χ0) is 11.4. The van der Waals surface area contributed by atoms with Gasteiger partial charge in [0.25, 0.3) is 0 Å².